The molecule has 0 radical (unpaired) electrons. The van der Waals surface area contributed by atoms with Crippen molar-refractivity contribution >= 4 is 17.6 Å². The molecule has 0 spiro atoms. The Kier molecular flexibility index (Phi) is 5.26. The van der Waals surface area contributed by atoms with Crippen LogP contribution in [0.25, 0.3) is 11.1 Å². The van der Waals surface area contributed by atoms with Crippen LogP contribution in [-0.4, -0.2) is 29.6 Å². The van der Waals surface area contributed by atoms with Gasteiger partial charge < -0.3 is 9.84 Å². The monoisotopic (exact) mass is 451 g/mol. The lowest BCUT2D eigenvalue weighted by Gasteiger charge is -2.32. The summed E-state index contributed by atoms with van der Waals surface area (Å²) in [5, 5.41) is 8.49. The summed E-state index contributed by atoms with van der Waals surface area (Å²) < 4.78 is 114. The van der Waals surface area contributed by atoms with E-state index in [-0.39, 0.29) is 11.0 Å². The van der Waals surface area contributed by atoms with Gasteiger partial charge in [-0.05, 0) is 6.07 Å². The van der Waals surface area contributed by atoms with Crippen molar-refractivity contribution < 1.29 is 54.6 Å². The van der Waals surface area contributed by atoms with Crippen LogP contribution >= 0.6 is 0 Å². The van der Waals surface area contributed by atoms with E-state index in [0.29, 0.717) is 6.07 Å². The van der Waals surface area contributed by atoms with Crippen molar-refractivity contribution in [2.75, 3.05) is 11.4 Å². The largest absolute Gasteiger partial charge is 0.483 e. The number of rotatable bonds is 2. The van der Waals surface area contributed by atoms with Crippen LogP contribution < -0.4 is 9.64 Å². The number of alkyl halides is 2. The average molecular weight is 451 g/mol. The molecule has 1 heterocycles. The van der Waals surface area contributed by atoms with E-state index in [0.717, 1.165) is 0 Å². The number of nitrogens with zero attached hydrogens (tertiary/aromatic N) is 1. The summed E-state index contributed by atoms with van der Waals surface area (Å²) in [7, 11) is 0. The number of fused-ring (bicyclic) bond motifs is 1. The van der Waals surface area contributed by atoms with Crippen molar-refractivity contribution in [1.82, 2.24) is 0 Å². The van der Waals surface area contributed by atoms with Gasteiger partial charge in [0.25, 0.3) is 0 Å². The zero-order chi connectivity index (χ0) is 23.2. The smallest absolute Gasteiger partial charge is 0.472 e. The minimum absolute atomic E-state index is 0.101. The van der Waals surface area contributed by atoms with E-state index >= 15 is 0 Å². The summed E-state index contributed by atoms with van der Waals surface area (Å²) in [4.78, 5) is 22.5. The molecule has 2 aromatic carbocycles. The summed E-state index contributed by atoms with van der Waals surface area (Å²) >= 11 is 0. The molecule has 1 amide bonds. The Hall–Kier alpha value is -3.82. The molecule has 0 fully saturated rings. The molecule has 0 bridgehead atoms. The van der Waals surface area contributed by atoms with E-state index in [1.807, 2.05) is 5.92 Å². The van der Waals surface area contributed by atoms with Crippen molar-refractivity contribution in [2.24, 2.45) is 0 Å². The lowest BCUT2D eigenvalue weighted by molar-refractivity contribution is -0.192. The normalized spacial score (nSPS) is 14.5. The topological polar surface area (TPSA) is 66.8 Å². The number of aliphatic carboxylic acids is 1. The molecule has 1 N–H and O–H groups in total. The van der Waals surface area contributed by atoms with Crippen LogP contribution in [0.1, 0.15) is 0 Å². The predicted octanol–water partition coefficient (Wildman–Crippen LogP) is 3.59. The van der Waals surface area contributed by atoms with E-state index in [1.165, 1.54) is 5.92 Å². The number of carboxylic acids is 1. The number of ether oxygens (including phenoxy) is 1. The van der Waals surface area contributed by atoms with Gasteiger partial charge in [-0.3, -0.25) is 9.69 Å². The molecule has 31 heavy (non-hydrogen) atoms. The number of hydrogen-bond acceptors (Lipinski definition) is 3. The molecule has 162 valence electrons. The average Bonchev–Trinajstić information content (AvgIpc) is 2.68. The van der Waals surface area contributed by atoms with Gasteiger partial charge >= 0.3 is 18.0 Å². The first-order valence-corrected chi connectivity index (χ1v) is 7.82. The molecule has 3 rings (SSSR count). The van der Waals surface area contributed by atoms with Gasteiger partial charge in [0, 0.05) is 17.6 Å². The highest BCUT2D eigenvalue weighted by atomic mass is 19.3. The van der Waals surface area contributed by atoms with E-state index < -0.39 is 82.0 Å². The van der Waals surface area contributed by atoms with Gasteiger partial charge in [-0.2, -0.15) is 8.78 Å². The first-order valence-electron chi connectivity index (χ1n) is 7.82. The van der Waals surface area contributed by atoms with Crippen molar-refractivity contribution in [2.45, 2.75) is 6.11 Å². The molecular formula is C18H5F8NO4. The van der Waals surface area contributed by atoms with Crippen molar-refractivity contribution in [1.29, 1.82) is 0 Å². The highest BCUT2D eigenvalue weighted by Gasteiger charge is 2.51. The number of carbonyl (C=O) groups excluding carboxylic acids is 1. The molecule has 5 nitrogen and oxygen atoms in total. The highest BCUT2D eigenvalue weighted by molar-refractivity contribution is 6.02. The minimum atomic E-state index is -4.55. The van der Waals surface area contributed by atoms with E-state index in [2.05, 4.69) is 4.74 Å². The van der Waals surface area contributed by atoms with Crippen LogP contribution in [0.3, 0.4) is 0 Å². The molecule has 0 atom stereocenters. The van der Waals surface area contributed by atoms with Gasteiger partial charge in [0.1, 0.15) is 5.82 Å². The zero-order valence-corrected chi connectivity index (χ0v) is 14.5. The molecule has 2 aromatic rings. The Morgan fingerprint density at radius 1 is 1.00 bits per heavy atom. The van der Waals surface area contributed by atoms with Gasteiger partial charge in [-0.1, -0.05) is 5.92 Å². The Morgan fingerprint density at radius 3 is 2.10 bits per heavy atom. The third-order valence-corrected chi connectivity index (χ3v) is 3.98. The summed E-state index contributed by atoms with van der Waals surface area (Å²) in [5.74, 6) is -15.3. The molecule has 1 aliphatic rings. The second kappa shape index (κ2) is 7.46. The molecule has 0 saturated carbocycles. The number of halogens is 8. The van der Waals surface area contributed by atoms with Gasteiger partial charge in [-0.15, -0.1) is 0 Å². The maximum absolute atomic E-state index is 14.4. The summed E-state index contributed by atoms with van der Waals surface area (Å²) in [6.07, 6.45) is -4.55. The van der Waals surface area contributed by atoms with Crippen molar-refractivity contribution in [3.8, 4) is 28.7 Å². The van der Waals surface area contributed by atoms with Crippen LogP contribution in [-0.2, 0) is 9.59 Å². The minimum Gasteiger partial charge on any atom is -0.472 e. The van der Waals surface area contributed by atoms with Crippen LogP contribution in [0.5, 0.6) is 5.75 Å². The maximum Gasteiger partial charge on any atom is 0.483 e. The van der Waals surface area contributed by atoms with E-state index in [1.54, 1.807) is 0 Å². The fourth-order valence-corrected chi connectivity index (χ4v) is 2.67. The quantitative estimate of drug-likeness (QED) is 0.328. The molecular weight excluding hydrogens is 446 g/mol. The number of carbonyl (C=O) groups is 2. The standard InChI is InChI=1S/C18H5F8NO4/c19-7-5-9-8(27(3-1-2-10(28)29)17(30)18(25,26)31-9)4-6(7)11-12(20)14(22)16(24)15(23)13(11)21/h4-5H,3H2,(H,28,29). The lowest BCUT2D eigenvalue weighted by Crippen LogP contribution is -2.51. The summed E-state index contributed by atoms with van der Waals surface area (Å²) in [6.45, 7) is -1.01. The van der Waals surface area contributed by atoms with Crippen molar-refractivity contribution in [3.63, 3.8) is 0 Å². The van der Waals surface area contributed by atoms with Crippen molar-refractivity contribution in [3.05, 3.63) is 47.0 Å². The van der Waals surface area contributed by atoms with Gasteiger partial charge in [0.05, 0.1) is 17.8 Å². The Morgan fingerprint density at radius 2 is 1.55 bits per heavy atom. The highest BCUT2D eigenvalue weighted by Crippen LogP contribution is 2.44. The Labute approximate surface area is 166 Å². The third kappa shape index (κ3) is 3.60. The third-order valence-electron chi connectivity index (χ3n) is 3.98. The second-order valence-electron chi connectivity index (χ2n) is 5.86. The number of benzene rings is 2. The molecule has 0 unspecified atom stereocenters. The molecule has 0 saturated heterocycles. The fraction of sp³-hybridized carbons (Fsp3) is 0.111. The molecule has 0 aliphatic carbocycles. The molecule has 1 aliphatic heterocycles. The fourth-order valence-electron chi connectivity index (χ4n) is 2.67. The van der Waals surface area contributed by atoms with Crippen LogP contribution in [0.2, 0.25) is 0 Å². The first kappa shape index (κ1) is 21.9. The molecule has 13 heteroatoms. The van der Waals surface area contributed by atoms with Crippen LogP contribution in [0.15, 0.2) is 12.1 Å². The lowest BCUT2D eigenvalue weighted by atomic mass is 10.0. The predicted molar refractivity (Wildman–Crippen MR) is 85.0 cm³/mol. The number of anilines is 1. The van der Waals surface area contributed by atoms with Crippen LogP contribution in [0, 0.1) is 46.7 Å². The Balaban J connectivity index is 2.26. The van der Waals surface area contributed by atoms with E-state index in [4.69, 9.17) is 5.11 Å². The summed E-state index contributed by atoms with van der Waals surface area (Å²) in [6, 6.07) is 0.471. The number of amides is 1. The van der Waals surface area contributed by atoms with Gasteiger partial charge in [-0.25, -0.2) is 31.1 Å². The van der Waals surface area contributed by atoms with Gasteiger partial charge in [0.2, 0.25) is 5.82 Å². The first-order chi connectivity index (χ1) is 14.4. The van der Waals surface area contributed by atoms with Crippen LogP contribution in [0.4, 0.5) is 40.8 Å². The maximum atomic E-state index is 14.4. The molecule has 0 aromatic heterocycles. The summed E-state index contributed by atoms with van der Waals surface area (Å²) in [5.41, 5.74) is -3.78. The zero-order valence-electron chi connectivity index (χ0n) is 14.5. The van der Waals surface area contributed by atoms with Gasteiger partial charge in [0.15, 0.2) is 29.0 Å². The number of carboxylic acid groups (broad SMARTS) is 1. The number of hydrogen-bond donors (Lipinski definition) is 1. The SMILES string of the molecule is O=C(O)C#CCN1C(=O)C(F)(F)Oc2cc(F)c(-c3c(F)c(F)c(F)c(F)c3F)cc21. The Bertz CT molecular complexity index is 1170. The second-order valence-corrected chi connectivity index (χ2v) is 5.86. The van der Waals surface area contributed by atoms with E-state index in [9.17, 15) is 44.7 Å².